The van der Waals surface area contributed by atoms with E-state index < -0.39 is 5.97 Å². The predicted octanol–water partition coefficient (Wildman–Crippen LogP) is 6.29. The summed E-state index contributed by atoms with van der Waals surface area (Å²) in [6.45, 7) is 6.59. The molecule has 0 saturated heterocycles. The van der Waals surface area contributed by atoms with E-state index >= 15 is 0 Å². The van der Waals surface area contributed by atoms with Crippen LogP contribution in [-0.2, 0) is 11.3 Å². The van der Waals surface area contributed by atoms with E-state index in [1.165, 1.54) is 11.8 Å². The number of pyridine rings is 1. The Bertz CT molecular complexity index is 1350. The lowest BCUT2D eigenvalue weighted by Gasteiger charge is -2.12. The highest BCUT2D eigenvalue weighted by Crippen LogP contribution is 2.29. The molecule has 0 aliphatic heterocycles. The molecule has 35 heavy (non-hydrogen) atoms. The van der Waals surface area contributed by atoms with Crippen LogP contribution in [-0.4, -0.2) is 22.1 Å². The Morgan fingerprint density at radius 2 is 1.83 bits per heavy atom. The van der Waals surface area contributed by atoms with Gasteiger partial charge in [0.15, 0.2) is 5.75 Å². The van der Waals surface area contributed by atoms with Gasteiger partial charge in [0.25, 0.3) is 0 Å². The number of rotatable bonds is 8. The van der Waals surface area contributed by atoms with Gasteiger partial charge in [-0.25, -0.2) is 9.78 Å². The number of carbonyl (C=O) groups is 1. The van der Waals surface area contributed by atoms with Crippen LogP contribution in [0.5, 0.6) is 5.75 Å². The Morgan fingerprint density at radius 3 is 2.49 bits per heavy atom. The Morgan fingerprint density at radius 1 is 1.09 bits per heavy atom. The maximum atomic E-state index is 12.7. The first-order valence-corrected chi connectivity index (χ1v) is 11.6. The van der Waals surface area contributed by atoms with Crippen LogP contribution in [0.1, 0.15) is 53.7 Å². The first-order valence-electron chi connectivity index (χ1n) is 11.6. The number of benzene rings is 2. The fourth-order valence-corrected chi connectivity index (χ4v) is 3.75. The van der Waals surface area contributed by atoms with Crippen molar-refractivity contribution in [2.75, 3.05) is 6.61 Å². The highest BCUT2D eigenvalue weighted by atomic mass is 16.5. The Kier molecular flexibility index (Phi) is 7.27. The van der Waals surface area contributed by atoms with Gasteiger partial charge in [0, 0.05) is 18.0 Å². The number of hydrogen-bond acceptors (Lipinski definition) is 5. The maximum Gasteiger partial charge on any atom is 0.342 e. The molecule has 0 aliphatic rings. The second kappa shape index (κ2) is 10.7. The van der Waals surface area contributed by atoms with E-state index in [9.17, 15) is 10.1 Å². The van der Waals surface area contributed by atoms with Crippen molar-refractivity contribution in [2.45, 2.75) is 33.3 Å². The summed E-state index contributed by atoms with van der Waals surface area (Å²) >= 11 is 0. The van der Waals surface area contributed by atoms with E-state index in [1.54, 1.807) is 23.8 Å². The molecule has 2 aromatic heterocycles. The zero-order valence-corrected chi connectivity index (χ0v) is 20.1. The summed E-state index contributed by atoms with van der Waals surface area (Å²) in [5, 5.41) is 9.74. The molecule has 0 radical (unpaired) electrons. The number of ether oxygens (including phenoxy) is 2. The molecule has 0 unspecified atom stereocenters. The van der Waals surface area contributed by atoms with Crippen LogP contribution in [0.3, 0.4) is 0 Å². The third-order valence-electron chi connectivity index (χ3n) is 5.69. The normalized spacial score (nSPS) is 10.7. The summed E-state index contributed by atoms with van der Waals surface area (Å²) in [6, 6.07) is 21.8. The van der Waals surface area contributed by atoms with Crippen molar-refractivity contribution in [3.8, 4) is 28.8 Å². The van der Waals surface area contributed by atoms with E-state index in [1.807, 2.05) is 48.7 Å². The predicted molar refractivity (Wildman–Crippen MR) is 135 cm³/mol. The molecule has 176 valence electrons. The van der Waals surface area contributed by atoms with E-state index in [-0.39, 0.29) is 12.2 Å². The zero-order chi connectivity index (χ0) is 24.8. The second-order valence-corrected chi connectivity index (χ2v) is 8.41. The van der Waals surface area contributed by atoms with Crippen molar-refractivity contribution in [1.29, 1.82) is 5.26 Å². The number of nitrogens with zero attached hydrogens (tertiary/aromatic N) is 3. The second-order valence-electron chi connectivity index (χ2n) is 8.41. The minimum Gasteiger partial charge on any atom is -0.486 e. The summed E-state index contributed by atoms with van der Waals surface area (Å²) in [5.74, 6) is 0.767. The van der Waals surface area contributed by atoms with E-state index in [2.05, 4.69) is 37.0 Å². The van der Waals surface area contributed by atoms with Crippen LogP contribution in [0, 0.1) is 11.3 Å². The van der Waals surface area contributed by atoms with E-state index in [0.29, 0.717) is 29.7 Å². The molecule has 0 bridgehead atoms. The minimum absolute atomic E-state index is 0.243. The Balaban J connectivity index is 1.68. The number of aromatic nitrogens is 2. The molecule has 2 heterocycles. The third-order valence-corrected chi connectivity index (χ3v) is 5.69. The van der Waals surface area contributed by atoms with E-state index in [4.69, 9.17) is 9.47 Å². The van der Waals surface area contributed by atoms with Gasteiger partial charge in [-0.3, -0.25) is 0 Å². The molecular weight excluding hydrogens is 438 g/mol. The molecule has 0 fully saturated rings. The van der Waals surface area contributed by atoms with Crippen LogP contribution in [0.15, 0.2) is 79.3 Å². The fourth-order valence-electron chi connectivity index (χ4n) is 3.75. The van der Waals surface area contributed by atoms with Crippen LogP contribution < -0.4 is 4.74 Å². The smallest absolute Gasteiger partial charge is 0.342 e. The standard InChI is InChI=1S/C29H27N3O3/c1-4-34-29(33)25-14-28(31-16-27(25)35-19-21-8-6-5-7-9-21)32-17-24(15-30)26(18-32)23-12-10-22(11-13-23)20(2)3/h5-14,16-18,20H,4,19H2,1-3H3. The average Bonchev–Trinajstić information content (AvgIpc) is 3.33. The van der Waals surface area contributed by atoms with Gasteiger partial charge in [-0.05, 0) is 35.6 Å². The zero-order valence-electron chi connectivity index (χ0n) is 20.1. The number of esters is 1. The highest BCUT2D eigenvalue weighted by Gasteiger charge is 2.18. The SMILES string of the molecule is CCOC(=O)c1cc(-n2cc(C#N)c(-c3ccc(C(C)C)cc3)c2)ncc1OCc1ccccc1. The lowest BCUT2D eigenvalue weighted by molar-refractivity contribution is 0.0521. The molecule has 0 N–H and O–H groups in total. The first-order chi connectivity index (χ1) is 17.0. The molecular formula is C29H27N3O3. The van der Waals surface area contributed by atoms with Crippen LogP contribution >= 0.6 is 0 Å². The van der Waals surface area contributed by atoms with Gasteiger partial charge in [0.05, 0.1) is 18.4 Å². The Hall–Kier alpha value is -4.37. The average molecular weight is 466 g/mol. The molecule has 6 nitrogen and oxygen atoms in total. The van der Waals surface area contributed by atoms with Crippen molar-refractivity contribution in [2.24, 2.45) is 0 Å². The topological polar surface area (TPSA) is 77.1 Å². The number of carbonyl (C=O) groups excluding carboxylic acids is 1. The molecule has 4 aromatic rings. The lowest BCUT2D eigenvalue weighted by atomic mass is 9.99. The number of nitriles is 1. The van der Waals surface area contributed by atoms with E-state index in [0.717, 1.165) is 16.7 Å². The van der Waals surface area contributed by atoms with Gasteiger partial charge in [-0.2, -0.15) is 5.26 Å². The van der Waals surface area contributed by atoms with Gasteiger partial charge < -0.3 is 14.0 Å². The molecule has 0 amide bonds. The lowest BCUT2D eigenvalue weighted by Crippen LogP contribution is -2.10. The quantitative estimate of drug-likeness (QED) is 0.286. The first kappa shape index (κ1) is 23.8. The van der Waals surface area contributed by atoms with Crippen molar-refractivity contribution in [1.82, 2.24) is 9.55 Å². The minimum atomic E-state index is -0.489. The van der Waals surface area contributed by atoms with Crippen LogP contribution in [0.25, 0.3) is 16.9 Å². The van der Waals surface area contributed by atoms with Crippen molar-refractivity contribution >= 4 is 5.97 Å². The maximum absolute atomic E-state index is 12.7. The van der Waals surface area contributed by atoms with Gasteiger partial charge in [0.1, 0.15) is 24.1 Å². The number of hydrogen-bond donors (Lipinski definition) is 0. The van der Waals surface area contributed by atoms with Crippen molar-refractivity contribution in [3.05, 3.63) is 102 Å². The molecule has 0 saturated carbocycles. The molecule has 2 aromatic carbocycles. The molecule has 6 heteroatoms. The Labute approximate surface area is 205 Å². The van der Waals surface area contributed by atoms with Crippen molar-refractivity contribution < 1.29 is 14.3 Å². The van der Waals surface area contributed by atoms with Crippen LogP contribution in [0.4, 0.5) is 0 Å². The molecule has 0 atom stereocenters. The highest BCUT2D eigenvalue weighted by molar-refractivity contribution is 5.93. The molecule has 4 rings (SSSR count). The summed E-state index contributed by atoms with van der Waals surface area (Å²) < 4.78 is 12.9. The van der Waals surface area contributed by atoms with Crippen molar-refractivity contribution in [3.63, 3.8) is 0 Å². The van der Waals surface area contributed by atoms with Gasteiger partial charge in [-0.15, -0.1) is 0 Å². The summed E-state index contributed by atoms with van der Waals surface area (Å²) in [4.78, 5) is 17.2. The fraction of sp³-hybridized carbons (Fsp3) is 0.207. The van der Waals surface area contributed by atoms with Gasteiger partial charge in [-0.1, -0.05) is 68.4 Å². The van der Waals surface area contributed by atoms with Crippen LogP contribution in [0.2, 0.25) is 0 Å². The molecule has 0 spiro atoms. The molecule has 0 aliphatic carbocycles. The summed E-state index contributed by atoms with van der Waals surface area (Å²) in [6.07, 6.45) is 5.09. The third kappa shape index (κ3) is 5.42. The largest absolute Gasteiger partial charge is 0.486 e. The summed E-state index contributed by atoms with van der Waals surface area (Å²) in [7, 11) is 0. The monoisotopic (exact) mass is 465 g/mol. The summed E-state index contributed by atoms with van der Waals surface area (Å²) in [5.41, 5.74) is 4.75. The van der Waals surface area contributed by atoms with Gasteiger partial charge in [0.2, 0.25) is 0 Å². The van der Waals surface area contributed by atoms with Gasteiger partial charge >= 0.3 is 5.97 Å².